The molecule has 0 rings (SSSR count). The van der Waals surface area contributed by atoms with Crippen LogP contribution in [-0.4, -0.2) is 23.8 Å². The summed E-state index contributed by atoms with van der Waals surface area (Å²) >= 11 is 0. The molecule has 0 spiro atoms. The molecule has 0 bridgehead atoms. The highest BCUT2D eigenvalue weighted by Gasteiger charge is 2.31. The third-order valence-corrected chi connectivity index (χ3v) is 4.67. The second kappa shape index (κ2) is 6.80. The smallest absolute Gasteiger partial charge is 0.107 e. The van der Waals surface area contributed by atoms with E-state index in [1.54, 1.807) is 0 Å². The Kier molecular flexibility index (Phi) is 6.94. The van der Waals surface area contributed by atoms with Gasteiger partial charge in [-0.2, -0.15) is 0 Å². The quantitative estimate of drug-likeness (QED) is 0.530. The zero-order valence-electron chi connectivity index (χ0n) is 11.5. The molecule has 0 fully saturated rings. The van der Waals surface area contributed by atoms with Crippen LogP contribution in [0.2, 0.25) is 0 Å². The average molecular weight is 232 g/mol. The molecule has 0 heterocycles. The Morgan fingerprint density at radius 2 is 1.47 bits per heavy atom. The van der Waals surface area contributed by atoms with Gasteiger partial charge in [0.2, 0.25) is 0 Å². The highest BCUT2D eigenvalue weighted by Crippen LogP contribution is 2.28. The first kappa shape index (κ1) is 15.3. The summed E-state index contributed by atoms with van der Waals surface area (Å²) in [5.41, 5.74) is 6.54. The highest BCUT2D eigenvalue weighted by atomic mass is 32.2. The molecule has 0 aromatic rings. The van der Waals surface area contributed by atoms with E-state index in [1.165, 1.54) is 25.0 Å². The molecule has 2 heteroatoms. The zero-order valence-corrected chi connectivity index (χ0v) is 12.3. The maximum atomic E-state index is 6.50. The molecule has 92 valence electrons. The van der Waals surface area contributed by atoms with Gasteiger partial charge in [0, 0.05) is 5.54 Å². The molecule has 0 aromatic carbocycles. The molecule has 0 aliphatic heterocycles. The largest absolute Gasteiger partial charge is 0.325 e. The van der Waals surface area contributed by atoms with Crippen LogP contribution in [0.3, 0.4) is 0 Å². The van der Waals surface area contributed by atoms with Crippen molar-refractivity contribution in [3.63, 3.8) is 0 Å². The fourth-order valence-electron chi connectivity index (χ4n) is 2.07. The summed E-state index contributed by atoms with van der Waals surface area (Å²) in [6.07, 6.45) is 8.45. The first-order valence-electron chi connectivity index (χ1n) is 6.13. The minimum Gasteiger partial charge on any atom is -0.325 e. The summed E-state index contributed by atoms with van der Waals surface area (Å²) in [5, 5.41) is 0. The number of rotatable bonds is 7. The monoisotopic (exact) mass is 232 g/mol. The summed E-state index contributed by atoms with van der Waals surface area (Å²) in [5.74, 6) is 2.53. The Labute approximate surface area is 99.5 Å². The van der Waals surface area contributed by atoms with Gasteiger partial charge in [-0.15, -0.1) is 0 Å². The van der Waals surface area contributed by atoms with Crippen molar-refractivity contribution in [2.75, 3.05) is 18.3 Å². The predicted octanol–water partition coefficient (Wildman–Crippen LogP) is 3.04. The van der Waals surface area contributed by atoms with Crippen molar-refractivity contribution in [1.29, 1.82) is 0 Å². The van der Waals surface area contributed by atoms with E-state index in [2.05, 4.69) is 40.2 Å². The van der Waals surface area contributed by atoms with Gasteiger partial charge in [0.15, 0.2) is 0 Å². The van der Waals surface area contributed by atoms with Gasteiger partial charge >= 0.3 is 0 Å². The van der Waals surface area contributed by atoms with Gasteiger partial charge < -0.3 is 5.73 Å². The van der Waals surface area contributed by atoms with Gasteiger partial charge in [0.05, 0.1) is 12.5 Å². The second-order valence-corrected chi connectivity index (χ2v) is 7.95. The Bertz CT molecular complexity index is 156. The second-order valence-electron chi connectivity index (χ2n) is 5.57. The van der Waals surface area contributed by atoms with Crippen molar-refractivity contribution >= 4 is 10.9 Å². The molecule has 0 radical (unpaired) electrons. The molecule has 0 aliphatic rings. The van der Waals surface area contributed by atoms with Gasteiger partial charge in [0.25, 0.3) is 0 Å². The van der Waals surface area contributed by atoms with Crippen LogP contribution in [0, 0.1) is 11.8 Å². The molecule has 0 saturated heterocycles. The van der Waals surface area contributed by atoms with E-state index < -0.39 is 0 Å². The van der Waals surface area contributed by atoms with Crippen LogP contribution in [0.4, 0.5) is 0 Å². The molecule has 0 atom stereocenters. The van der Waals surface area contributed by atoms with E-state index in [0.29, 0.717) is 22.7 Å². The summed E-state index contributed by atoms with van der Waals surface area (Å²) in [4.78, 5) is 0. The molecule has 0 saturated carbocycles. The topological polar surface area (TPSA) is 26.0 Å². The highest BCUT2D eigenvalue weighted by molar-refractivity contribution is 7.95. The van der Waals surface area contributed by atoms with Gasteiger partial charge in [0.1, 0.15) is 5.75 Å². The van der Waals surface area contributed by atoms with Crippen LogP contribution < -0.4 is 5.73 Å². The first-order chi connectivity index (χ1) is 6.80. The molecule has 0 aliphatic carbocycles. The lowest BCUT2D eigenvalue weighted by Crippen LogP contribution is -2.49. The summed E-state index contributed by atoms with van der Waals surface area (Å²) in [7, 11) is 0.594. The average Bonchev–Trinajstić information content (AvgIpc) is 2.10. The number of hydrogen-bond donors (Lipinski definition) is 1. The van der Waals surface area contributed by atoms with Gasteiger partial charge in [-0.05, 0) is 42.0 Å². The molecule has 1 nitrogen and oxygen atoms in total. The third-order valence-electron chi connectivity index (χ3n) is 3.56. The van der Waals surface area contributed by atoms with Crippen LogP contribution in [0.25, 0.3) is 0 Å². The van der Waals surface area contributed by atoms with E-state index in [4.69, 9.17) is 5.73 Å². The van der Waals surface area contributed by atoms with Crippen LogP contribution in [0.15, 0.2) is 0 Å². The maximum absolute atomic E-state index is 6.50. The lowest BCUT2D eigenvalue weighted by atomic mass is 9.74. The van der Waals surface area contributed by atoms with Gasteiger partial charge in [-0.3, -0.25) is 0 Å². The Hall–Kier alpha value is 0.310. The maximum Gasteiger partial charge on any atom is 0.107 e. The Balaban J connectivity index is 3.98. The zero-order chi connectivity index (χ0) is 12.1. The van der Waals surface area contributed by atoms with Crippen LogP contribution >= 0.6 is 0 Å². The standard InChI is InChI=1S/C13H30NS/c1-11(2)13(14,12(3)4)9-7-8-10-15(5)6/h11-12H,7-10,14H2,1-6H3/q+1. The molecule has 2 N–H and O–H groups in total. The van der Waals surface area contributed by atoms with Crippen molar-refractivity contribution in [1.82, 2.24) is 0 Å². The van der Waals surface area contributed by atoms with Crippen LogP contribution in [0.1, 0.15) is 47.0 Å². The summed E-state index contributed by atoms with van der Waals surface area (Å²) in [6.45, 7) is 9.02. The van der Waals surface area contributed by atoms with Crippen LogP contribution in [0.5, 0.6) is 0 Å². The van der Waals surface area contributed by atoms with Crippen molar-refractivity contribution in [2.24, 2.45) is 17.6 Å². The minimum atomic E-state index is 0.0418. The Morgan fingerprint density at radius 3 is 1.80 bits per heavy atom. The van der Waals surface area contributed by atoms with Gasteiger partial charge in [-0.1, -0.05) is 27.7 Å². The van der Waals surface area contributed by atoms with Crippen molar-refractivity contribution in [2.45, 2.75) is 52.5 Å². The molecule has 0 amide bonds. The lowest BCUT2D eigenvalue weighted by molar-refractivity contribution is 0.203. The van der Waals surface area contributed by atoms with Crippen molar-refractivity contribution in [3.05, 3.63) is 0 Å². The van der Waals surface area contributed by atoms with Crippen molar-refractivity contribution < 1.29 is 0 Å². The molecule has 15 heavy (non-hydrogen) atoms. The van der Waals surface area contributed by atoms with E-state index in [0.717, 1.165) is 0 Å². The molecule has 0 aromatic heterocycles. The third kappa shape index (κ3) is 5.26. The van der Waals surface area contributed by atoms with Gasteiger partial charge in [-0.25, -0.2) is 0 Å². The fourth-order valence-corrected chi connectivity index (χ4v) is 2.85. The Morgan fingerprint density at radius 1 is 1.00 bits per heavy atom. The van der Waals surface area contributed by atoms with Crippen molar-refractivity contribution in [3.8, 4) is 0 Å². The lowest BCUT2D eigenvalue weighted by Gasteiger charge is -2.38. The van der Waals surface area contributed by atoms with E-state index >= 15 is 0 Å². The normalized spacial score (nSPS) is 13.2. The number of unbranched alkanes of at least 4 members (excludes halogenated alkanes) is 1. The van der Waals surface area contributed by atoms with E-state index in [-0.39, 0.29) is 5.54 Å². The SMILES string of the molecule is CC(C)C(N)(CCCC[S+](C)C)C(C)C. The summed E-state index contributed by atoms with van der Waals surface area (Å²) < 4.78 is 0. The number of nitrogens with two attached hydrogens (primary N) is 1. The first-order valence-corrected chi connectivity index (χ1v) is 8.34. The summed E-state index contributed by atoms with van der Waals surface area (Å²) in [6, 6.07) is 0. The molecule has 0 unspecified atom stereocenters. The van der Waals surface area contributed by atoms with E-state index in [1.807, 2.05) is 0 Å². The fraction of sp³-hybridized carbons (Fsp3) is 1.00. The molecular weight excluding hydrogens is 202 g/mol. The minimum absolute atomic E-state index is 0.0418. The number of hydrogen-bond acceptors (Lipinski definition) is 1. The van der Waals surface area contributed by atoms with Crippen LogP contribution in [-0.2, 0) is 10.9 Å². The predicted molar refractivity (Wildman–Crippen MR) is 74.5 cm³/mol. The van der Waals surface area contributed by atoms with E-state index in [9.17, 15) is 0 Å². The molecular formula is C13H30NS+.